The number of piperazine rings is 1. The monoisotopic (exact) mass is 345 g/mol. The van der Waals surface area contributed by atoms with E-state index in [1.807, 2.05) is 4.90 Å². The summed E-state index contributed by atoms with van der Waals surface area (Å²) in [5.41, 5.74) is 0.384. The van der Waals surface area contributed by atoms with Gasteiger partial charge in [0.05, 0.1) is 10.6 Å². The van der Waals surface area contributed by atoms with Gasteiger partial charge in [0.2, 0.25) is 6.41 Å². The Morgan fingerprint density at radius 2 is 1.83 bits per heavy atom. The predicted octanol–water partition coefficient (Wildman–Crippen LogP) is 1.66. The number of anilines is 2. The van der Waals surface area contributed by atoms with E-state index in [1.165, 1.54) is 0 Å². The summed E-state index contributed by atoms with van der Waals surface area (Å²) in [4.78, 5) is 26.7. The quantitative estimate of drug-likeness (QED) is 0.853. The van der Waals surface area contributed by atoms with Gasteiger partial charge in [0.25, 0.3) is 5.91 Å². The summed E-state index contributed by atoms with van der Waals surface area (Å²) in [6.45, 7) is 2.74. The van der Waals surface area contributed by atoms with Gasteiger partial charge >= 0.3 is 0 Å². The first-order valence-corrected chi connectivity index (χ1v) is 7.89. The Bertz CT molecular complexity index is 730. The number of aromatic nitrogens is 2. The minimum atomic E-state index is -0.331. The van der Waals surface area contributed by atoms with Gasteiger partial charge in [-0.3, -0.25) is 9.59 Å². The Morgan fingerprint density at radius 3 is 2.46 bits per heavy atom. The predicted molar refractivity (Wildman–Crippen MR) is 91.3 cm³/mol. The Hall–Kier alpha value is -2.67. The third-order valence-corrected chi connectivity index (χ3v) is 4.13. The molecule has 8 heteroatoms. The summed E-state index contributed by atoms with van der Waals surface area (Å²) < 4.78 is 0. The van der Waals surface area contributed by atoms with Crippen molar-refractivity contribution in [2.45, 2.75) is 0 Å². The lowest BCUT2D eigenvalue weighted by Crippen LogP contribution is -2.46. The van der Waals surface area contributed by atoms with Crippen molar-refractivity contribution in [1.82, 2.24) is 15.1 Å². The lowest BCUT2D eigenvalue weighted by atomic mass is 10.2. The molecule has 3 rings (SSSR count). The molecule has 1 aliphatic rings. The minimum Gasteiger partial charge on any atom is -0.352 e. The molecular formula is C16H16ClN5O2. The van der Waals surface area contributed by atoms with Crippen molar-refractivity contribution in [3.63, 3.8) is 0 Å². The van der Waals surface area contributed by atoms with Gasteiger partial charge in [-0.25, -0.2) is 0 Å². The Balaban J connectivity index is 1.64. The van der Waals surface area contributed by atoms with Crippen LogP contribution in [0.3, 0.4) is 0 Å². The summed E-state index contributed by atoms with van der Waals surface area (Å²) in [5, 5.41) is 11.2. The Kier molecular flexibility index (Phi) is 4.90. The molecule has 0 saturated carbocycles. The highest BCUT2D eigenvalue weighted by Gasteiger charge is 2.17. The summed E-state index contributed by atoms with van der Waals surface area (Å²) >= 11 is 6.00. The molecular weight excluding hydrogens is 330 g/mol. The zero-order chi connectivity index (χ0) is 16.9. The average molecular weight is 346 g/mol. The fourth-order valence-electron chi connectivity index (χ4n) is 2.45. The molecule has 1 N–H and O–H groups in total. The van der Waals surface area contributed by atoms with E-state index < -0.39 is 0 Å². The van der Waals surface area contributed by atoms with Crippen molar-refractivity contribution in [3.8, 4) is 0 Å². The molecule has 0 atom stereocenters. The summed E-state index contributed by atoms with van der Waals surface area (Å²) in [6.07, 6.45) is 0.858. The molecule has 0 unspecified atom stereocenters. The third-order valence-electron chi connectivity index (χ3n) is 3.80. The van der Waals surface area contributed by atoms with Crippen molar-refractivity contribution >= 4 is 35.6 Å². The van der Waals surface area contributed by atoms with Gasteiger partial charge in [-0.15, -0.1) is 10.2 Å². The van der Waals surface area contributed by atoms with Crippen LogP contribution in [0.1, 0.15) is 10.4 Å². The van der Waals surface area contributed by atoms with Crippen LogP contribution in [0.2, 0.25) is 5.02 Å². The number of carbonyl (C=O) groups is 2. The first kappa shape index (κ1) is 16.2. The maximum atomic E-state index is 12.2. The molecule has 1 aliphatic heterocycles. The second kappa shape index (κ2) is 7.27. The lowest BCUT2D eigenvalue weighted by Gasteiger charge is -2.32. The highest BCUT2D eigenvalue weighted by Crippen LogP contribution is 2.17. The zero-order valence-electron chi connectivity index (χ0n) is 12.9. The van der Waals surface area contributed by atoms with E-state index in [2.05, 4.69) is 15.5 Å². The first-order valence-electron chi connectivity index (χ1n) is 7.51. The van der Waals surface area contributed by atoms with Crippen molar-refractivity contribution in [1.29, 1.82) is 0 Å². The number of carbonyl (C=O) groups excluding carboxylic acids is 2. The molecule has 2 amide bonds. The van der Waals surface area contributed by atoms with E-state index in [-0.39, 0.29) is 5.91 Å². The van der Waals surface area contributed by atoms with E-state index in [0.29, 0.717) is 42.6 Å². The zero-order valence-corrected chi connectivity index (χ0v) is 13.6. The molecule has 1 aromatic carbocycles. The topological polar surface area (TPSA) is 78.4 Å². The third kappa shape index (κ3) is 3.62. The van der Waals surface area contributed by atoms with Crippen LogP contribution in [0, 0.1) is 0 Å². The summed E-state index contributed by atoms with van der Waals surface area (Å²) in [7, 11) is 0. The van der Waals surface area contributed by atoms with Gasteiger partial charge in [0.1, 0.15) is 0 Å². The van der Waals surface area contributed by atoms with Crippen LogP contribution in [0.25, 0.3) is 0 Å². The summed E-state index contributed by atoms with van der Waals surface area (Å²) in [6, 6.07) is 10.3. The Morgan fingerprint density at radius 1 is 1.08 bits per heavy atom. The number of rotatable bonds is 4. The number of halogens is 1. The van der Waals surface area contributed by atoms with Crippen molar-refractivity contribution in [2.75, 3.05) is 36.4 Å². The fourth-order valence-corrected chi connectivity index (χ4v) is 2.67. The number of hydrogen-bond acceptors (Lipinski definition) is 5. The lowest BCUT2D eigenvalue weighted by molar-refractivity contribution is -0.118. The van der Waals surface area contributed by atoms with E-state index in [9.17, 15) is 9.59 Å². The Labute approximate surface area is 144 Å². The SMILES string of the molecule is O=CN1CCN(c2ccc(NC(=O)c3ccccc3Cl)nn2)CC1. The standard InChI is InChI=1S/C16H16ClN5O2/c17-13-4-2-1-3-12(13)16(24)18-14-5-6-15(20-19-14)22-9-7-21(11-23)8-10-22/h1-6,11H,7-10H2,(H,18,19,24). The normalized spacial score (nSPS) is 14.4. The van der Waals surface area contributed by atoms with Gasteiger partial charge in [-0.1, -0.05) is 23.7 Å². The number of benzene rings is 1. The molecule has 0 bridgehead atoms. The molecule has 1 saturated heterocycles. The molecule has 0 spiro atoms. The maximum Gasteiger partial charge on any atom is 0.258 e. The van der Waals surface area contributed by atoms with Crippen LogP contribution < -0.4 is 10.2 Å². The summed E-state index contributed by atoms with van der Waals surface area (Å²) in [5.74, 6) is 0.744. The number of nitrogens with zero attached hydrogens (tertiary/aromatic N) is 4. The number of nitrogens with one attached hydrogen (secondary N) is 1. The smallest absolute Gasteiger partial charge is 0.258 e. The van der Waals surface area contributed by atoms with Gasteiger partial charge < -0.3 is 15.1 Å². The van der Waals surface area contributed by atoms with Crippen LogP contribution in [-0.4, -0.2) is 53.6 Å². The first-order chi connectivity index (χ1) is 11.7. The molecule has 1 fully saturated rings. The molecule has 24 heavy (non-hydrogen) atoms. The largest absolute Gasteiger partial charge is 0.352 e. The van der Waals surface area contributed by atoms with E-state index in [1.54, 1.807) is 41.3 Å². The van der Waals surface area contributed by atoms with Crippen LogP contribution in [-0.2, 0) is 4.79 Å². The van der Waals surface area contributed by atoms with Gasteiger partial charge in [0, 0.05) is 26.2 Å². The molecule has 0 aliphatic carbocycles. The van der Waals surface area contributed by atoms with Gasteiger partial charge in [-0.05, 0) is 24.3 Å². The highest BCUT2D eigenvalue weighted by atomic mass is 35.5. The van der Waals surface area contributed by atoms with Crippen molar-refractivity contribution in [2.24, 2.45) is 0 Å². The maximum absolute atomic E-state index is 12.2. The highest BCUT2D eigenvalue weighted by molar-refractivity contribution is 6.34. The van der Waals surface area contributed by atoms with Crippen LogP contribution in [0.5, 0.6) is 0 Å². The van der Waals surface area contributed by atoms with Crippen LogP contribution >= 0.6 is 11.6 Å². The molecule has 2 aromatic rings. The van der Waals surface area contributed by atoms with E-state index in [0.717, 1.165) is 12.2 Å². The molecule has 7 nitrogen and oxygen atoms in total. The van der Waals surface area contributed by atoms with Crippen molar-refractivity contribution < 1.29 is 9.59 Å². The van der Waals surface area contributed by atoms with Gasteiger partial charge in [-0.2, -0.15) is 0 Å². The van der Waals surface area contributed by atoms with Crippen LogP contribution in [0.4, 0.5) is 11.6 Å². The molecule has 2 heterocycles. The number of hydrogen-bond donors (Lipinski definition) is 1. The molecule has 1 aromatic heterocycles. The minimum absolute atomic E-state index is 0.331. The molecule has 124 valence electrons. The fraction of sp³-hybridized carbons (Fsp3) is 0.250. The van der Waals surface area contributed by atoms with E-state index >= 15 is 0 Å². The molecule has 0 radical (unpaired) electrons. The van der Waals surface area contributed by atoms with E-state index in [4.69, 9.17) is 11.6 Å². The van der Waals surface area contributed by atoms with Crippen LogP contribution in [0.15, 0.2) is 36.4 Å². The second-order valence-corrected chi connectivity index (χ2v) is 5.75. The second-order valence-electron chi connectivity index (χ2n) is 5.34. The number of amides is 2. The average Bonchev–Trinajstić information content (AvgIpc) is 2.63. The van der Waals surface area contributed by atoms with Crippen molar-refractivity contribution in [3.05, 3.63) is 47.0 Å². The van der Waals surface area contributed by atoms with Gasteiger partial charge in [0.15, 0.2) is 11.6 Å².